The van der Waals surface area contributed by atoms with E-state index >= 15 is 0 Å². The van der Waals surface area contributed by atoms with Crippen LogP contribution in [-0.4, -0.2) is 9.55 Å². The fourth-order valence-corrected chi connectivity index (χ4v) is 2.81. The lowest BCUT2D eigenvalue weighted by atomic mass is 10.3. The monoisotopic (exact) mass is 331 g/mol. The molecule has 3 rings (SSSR count). The van der Waals surface area contributed by atoms with Gasteiger partial charge in [0.15, 0.2) is 0 Å². The van der Waals surface area contributed by atoms with Crippen LogP contribution in [-0.2, 0) is 13.1 Å². The van der Waals surface area contributed by atoms with Crippen LogP contribution < -0.4 is 5.32 Å². The molecule has 0 saturated heterocycles. The molecule has 2 aromatic heterocycles. The number of hydrogen-bond donors (Lipinski definition) is 1. The van der Waals surface area contributed by atoms with Gasteiger partial charge in [-0.25, -0.2) is 0 Å². The first-order valence-electron chi connectivity index (χ1n) is 6.95. The molecule has 0 aliphatic rings. The molecule has 0 aliphatic carbocycles. The van der Waals surface area contributed by atoms with E-state index in [0.717, 1.165) is 30.0 Å². The lowest BCUT2D eigenvalue weighted by Crippen LogP contribution is -2.15. The second-order valence-corrected chi connectivity index (χ2v) is 5.77. The van der Waals surface area contributed by atoms with Crippen LogP contribution in [0.1, 0.15) is 11.3 Å². The van der Waals surface area contributed by atoms with Gasteiger partial charge in [-0.3, -0.25) is 4.98 Å². The number of nitrogens with one attached hydrogen (secondary N) is 1. The van der Waals surface area contributed by atoms with E-state index in [2.05, 4.69) is 27.0 Å². The molecule has 2 heterocycles. The fourth-order valence-electron chi connectivity index (χ4n) is 2.31. The van der Waals surface area contributed by atoms with Crippen molar-refractivity contribution in [3.8, 4) is 5.69 Å². The Morgan fingerprint density at radius 1 is 1.05 bits per heavy atom. The molecule has 3 nitrogen and oxygen atoms in total. The Hall–Kier alpha value is -1.81. The molecule has 3 aromatic rings. The van der Waals surface area contributed by atoms with E-state index in [9.17, 15) is 0 Å². The summed E-state index contributed by atoms with van der Waals surface area (Å²) in [4.78, 5) is 4.11. The van der Waals surface area contributed by atoms with E-state index < -0.39 is 0 Å². The van der Waals surface area contributed by atoms with Crippen LogP contribution in [0.3, 0.4) is 0 Å². The molecule has 1 aromatic carbocycles. The summed E-state index contributed by atoms with van der Waals surface area (Å²) in [6, 6.07) is 13.6. The zero-order chi connectivity index (χ0) is 15.4. The van der Waals surface area contributed by atoms with Gasteiger partial charge >= 0.3 is 0 Å². The molecule has 0 amide bonds. The van der Waals surface area contributed by atoms with Gasteiger partial charge in [0.05, 0.1) is 10.7 Å². The average molecular weight is 332 g/mol. The summed E-state index contributed by atoms with van der Waals surface area (Å²) in [6.45, 7) is 1.51. The van der Waals surface area contributed by atoms with Crippen molar-refractivity contribution in [2.45, 2.75) is 13.1 Å². The van der Waals surface area contributed by atoms with Gasteiger partial charge in [-0.15, -0.1) is 0 Å². The van der Waals surface area contributed by atoms with Gasteiger partial charge in [-0.2, -0.15) is 0 Å². The maximum Gasteiger partial charge on any atom is 0.0661 e. The van der Waals surface area contributed by atoms with Crippen LogP contribution in [0.4, 0.5) is 0 Å². The highest BCUT2D eigenvalue weighted by molar-refractivity contribution is 6.35. The Balaban J connectivity index is 1.72. The number of nitrogens with zero attached hydrogens (tertiary/aromatic N) is 2. The first kappa shape index (κ1) is 15.1. The predicted octanol–water partition coefficient (Wildman–Crippen LogP) is 4.47. The fraction of sp³-hybridized carbons (Fsp3) is 0.118. The molecule has 0 aliphatic heterocycles. The molecule has 0 radical (unpaired) electrons. The largest absolute Gasteiger partial charge is 0.318 e. The number of halogens is 2. The third-order valence-corrected chi connectivity index (χ3v) is 3.90. The Morgan fingerprint density at radius 2 is 1.95 bits per heavy atom. The predicted molar refractivity (Wildman–Crippen MR) is 90.6 cm³/mol. The molecule has 0 spiro atoms. The van der Waals surface area contributed by atoms with E-state index in [1.807, 2.05) is 36.7 Å². The Labute approximate surface area is 139 Å². The standard InChI is InChI=1S/C17H15Cl2N3/c18-14-5-6-17(16(19)9-14)22-8-2-4-15(22)12-21-11-13-3-1-7-20-10-13/h1-10,21H,11-12H2. The first-order chi connectivity index (χ1) is 10.7. The normalized spacial score (nSPS) is 10.8. The summed E-state index contributed by atoms with van der Waals surface area (Å²) in [7, 11) is 0. The molecular weight excluding hydrogens is 317 g/mol. The molecule has 22 heavy (non-hydrogen) atoms. The SMILES string of the molecule is Clc1ccc(-n2cccc2CNCc2cccnc2)c(Cl)c1. The van der Waals surface area contributed by atoms with Crippen molar-refractivity contribution in [1.29, 1.82) is 0 Å². The topological polar surface area (TPSA) is 29.9 Å². The minimum Gasteiger partial charge on any atom is -0.318 e. The number of pyridine rings is 1. The highest BCUT2D eigenvalue weighted by Crippen LogP contribution is 2.25. The zero-order valence-electron chi connectivity index (χ0n) is 11.8. The number of hydrogen-bond acceptors (Lipinski definition) is 2. The summed E-state index contributed by atoms with van der Waals surface area (Å²) in [5, 5.41) is 4.69. The molecule has 0 bridgehead atoms. The molecule has 0 unspecified atom stereocenters. The molecule has 1 N–H and O–H groups in total. The number of benzene rings is 1. The van der Waals surface area contributed by atoms with Gasteiger partial charge in [-0.05, 0) is 42.0 Å². The van der Waals surface area contributed by atoms with E-state index in [4.69, 9.17) is 23.2 Å². The Morgan fingerprint density at radius 3 is 2.73 bits per heavy atom. The Bertz CT molecular complexity index is 754. The summed E-state index contributed by atoms with van der Waals surface area (Å²) in [5.41, 5.74) is 3.22. The zero-order valence-corrected chi connectivity index (χ0v) is 13.3. The van der Waals surface area contributed by atoms with Gasteiger partial charge < -0.3 is 9.88 Å². The van der Waals surface area contributed by atoms with Crippen molar-refractivity contribution in [2.75, 3.05) is 0 Å². The van der Waals surface area contributed by atoms with Gasteiger partial charge in [0.2, 0.25) is 0 Å². The third kappa shape index (κ3) is 3.50. The van der Waals surface area contributed by atoms with Crippen LogP contribution >= 0.6 is 23.2 Å². The van der Waals surface area contributed by atoms with Crippen molar-refractivity contribution in [3.63, 3.8) is 0 Å². The molecule has 5 heteroatoms. The minimum absolute atomic E-state index is 0.636. The highest BCUT2D eigenvalue weighted by Gasteiger charge is 2.07. The second-order valence-electron chi connectivity index (χ2n) is 4.93. The van der Waals surface area contributed by atoms with Gasteiger partial charge in [-0.1, -0.05) is 29.3 Å². The maximum atomic E-state index is 6.29. The van der Waals surface area contributed by atoms with Gasteiger partial charge in [0, 0.05) is 42.4 Å². The van der Waals surface area contributed by atoms with Gasteiger partial charge in [0.1, 0.15) is 0 Å². The van der Waals surface area contributed by atoms with Crippen molar-refractivity contribution < 1.29 is 0 Å². The third-order valence-electron chi connectivity index (χ3n) is 3.36. The quantitative estimate of drug-likeness (QED) is 0.747. The number of aromatic nitrogens is 2. The molecule has 112 valence electrons. The summed E-state index contributed by atoms with van der Waals surface area (Å²) in [5.74, 6) is 0. The summed E-state index contributed by atoms with van der Waals surface area (Å²) < 4.78 is 2.06. The first-order valence-corrected chi connectivity index (χ1v) is 7.71. The van der Waals surface area contributed by atoms with E-state index in [-0.39, 0.29) is 0 Å². The van der Waals surface area contributed by atoms with E-state index in [1.54, 1.807) is 12.3 Å². The molecule has 0 fully saturated rings. The van der Waals surface area contributed by atoms with Crippen molar-refractivity contribution in [2.24, 2.45) is 0 Å². The van der Waals surface area contributed by atoms with Crippen molar-refractivity contribution in [1.82, 2.24) is 14.9 Å². The molecular formula is C17H15Cl2N3. The van der Waals surface area contributed by atoms with Crippen LogP contribution in [0.25, 0.3) is 5.69 Å². The molecule has 0 saturated carbocycles. The number of rotatable bonds is 5. The Kier molecular flexibility index (Phi) is 4.78. The lowest BCUT2D eigenvalue weighted by Gasteiger charge is -2.12. The van der Waals surface area contributed by atoms with Crippen LogP contribution in [0.15, 0.2) is 61.1 Å². The van der Waals surface area contributed by atoms with Crippen LogP contribution in [0.2, 0.25) is 10.0 Å². The average Bonchev–Trinajstić information content (AvgIpc) is 2.97. The van der Waals surface area contributed by atoms with E-state index in [0.29, 0.717) is 10.0 Å². The van der Waals surface area contributed by atoms with Crippen molar-refractivity contribution >= 4 is 23.2 Å². The maximum absolute atomic E-state index is 6.29. The highest BCUT2D eigenvalue weighted by atomic mass is 35.5. The minimum atomic E-state index is 0.636. The van der Waals surface area contributed by atoms with Crippen LogP contribution in [0.5, 0.6) is 0 Å². The smallest absolute Gasteiger partial charge is 0.0661 e. The van der Waals surface area contributed by atoms with Crippen LogP contribution in [0, 0.1) is 0 Å². The van der Waals surface area contributed by atoms with Gasteiger partial charge in [0.25, 0.3) is 0 Å². The second kappa shape index (κ2) is 6.97. The lowest BCUT2D eigenvalue weighted by molar-refractivity contribution is 0.668. The summed E-state index contributed by atoms with van der Waals surface area (Å²) >= 11 is 12.2. The summed E-state index contributed by atoms with van der Waals surface area (Å²) in [6.07, 6.45) is 5.63. The van der Waals surface area contributed by atoms with Crippen molar-refractivity contribution in [3.05, 3.63) is 82.4 Å². The van der Waals surface area contributed by atoms with E-state index in [1.165, 1.54) is 0 Å². The molecule has 0 atom stereocenters.